The van der Waals surface area contributed by atoms with Crippen molar-refractivity contribution in [1.29, 1.82) is 0 Å². The van der Waals surface area contributed by atoms with Crippen molar-refractivity contribution < 1.29 is 0 Å². The molecule has 1 fully saturated rings. The van der Waals surface area contributed by atoms with Crippen molar-refractivity contribution in [3.63, 3.8) is 0 Å². The molecule has 1 aromatic carbocycles. The Hall–Kier alpha value is -1.12. The SMILES string of the molecule is NNC(C1=CCCCC1)C1CC1c1ccccc1. The van der Waals surface area contributed by atoms with E-state index in [1.807, 2.05) is 0 Å². The third kappa shape index (κ3) is 2.36. The molecule has 2 aliphatic carbocycles. The van der Waals surface area contributed by atoms with Crippen LogP contribution in [0.25, 0.3) is 0 Å². The Labute approximate surface area is 109 Å². The number of benzene rings is 1. The summed E-state index contributed by atoms with van der Waals surface area (Å²) in [6.07, 6.45) is 8.81. The zero-order valence-electron chi connectivity index (χ0n) is 10.8. The first-order valence-corrected chi connectivity index (χ1v) is 7.10. The summed E-state index contributed by atoms with van der Waals surface area (Å²) in [4.78, 5) is 0. The highest BCUT2D eigenvalue weighted by atomic mass is 15.2. The van der Waals surface area contributed by atoms with Crippen molar-refractivity contribution in [3.05, 3.63) is 47.5 Å². The fourth-order valence-corrected chi connectivity index (χ4v) is 3.32. The Morgan fingerprint density at radius 2 is 2.00 bits per heavy atom. The molecule has 0 bridgehead atoms. The molecule has 3 N–H and O–H groups in total. The maximum absolute atomic E-state index is 5.79. The van der Waals surface area contributed by atoms with Gasteiger partial charge in [0.05, 0.1) is 0 Å². The second kappa shape index (κ2) is 5.25. The molecular weight excluding hydrogens is 220 g/mol. The van der Waals surface area contributed by atoms with Crippen LogP contribution in [0.1, 0.15) is 43.6 Å². The van der Waals surface area contributed by atoms with Gasteiger partial charge in [-0.25, -0.2) is 0 Å². The summed E-state index contributed by atoms with van der Waals surface area (Å²) in [7, 11) is 0. The Kier molecular flexibility index (Phi) is 3.48. The van der Waals surface area contributed by atoms with E-state index in [2.05, 4.69) is 41.8 Å². The first kappa shape index (κ1) is 11.9. The molecule has 3 atom stereocenters. The normalized spacial score (nSPS) is 28.6. The van der Waals surface area contributed by atoms with E-state index in [1.165, 1.54) is 37.7 Å². The molecule has 0 radical (unpaired) electrons. The minimum atomic E-state index is 0.399. The van der Waals surface area contributed by atoms with Gasteiger partial charge < -0.3 is 0 Å². The van der Waals surface area contributed by atoms with Crippen molar-refractivity contribution in [2.24, 2.45) is 11.8 Å². The second-order valence-corrected chi connectivity index (χ2v) is 5.59. The van der Waals surface area contributed by atoms with Gasteiger partial charge >= 0.3 is 0 Å². The number of allylic oxidation sites excluding steroid dienone is 1. The quantitative estimate of drug-likeness (QED) is 0.483. The van der Waals surface area contributed by atoms with Crippen LogP contribution < -0.4 is 11.3 Å². The molecule has 3 unspecified atom stereocenters. The summed E-state index contributed by atoms with van der Waals surface area (Å²) in [6, 6.07) is 11.2. The zero-order valence-corrected chi connectivity index (χ0v) is 10.8. The molecule has 1 aromatic rings. The van der Waals surface area contributed by atoms with Crippen molar-refractivity contribution >= 4 is 0 Å². The molecule has 3 rings (SSSR count). The maximum atomic E-state index is 5.79. The standard InChI is InChI=1S/C16H22N2/c17-18-16(13-9-5-2-6-10-13)15-11-14(15)12-7-3-1-4-8-12/h1,3-4,7-9,14-16,18H,2,5-6,10-11,17H2. The van der Waals surface area contributed by atoms with Crippen LogP contribution in [-0.4, -0.2) is 6.04 Å². The van der Waals surface area contributed by atoms with E-state index >= 15 is 0 Å². The van der Waals surface area contributed by atoms with Crippen molar-refractivity contribution in [2.45, 2.75) is 44.1 Å². The van der Waals surface area contributed by atoms with Gasteiger partial charge in [0.1, 0.15) is 0 Å². The molecule has 0 spiro atoms. The van der Waals surface area contributed by atoms with E-state index < -0.39 is 0 Å². The first-order valence-electron chi connectivity index (χ1n) is 7.10. The lowest BCUT2D eigenvalue weighted by Crippen LogP contribution is -2.39. The van der Waals surface area contributed by atoms with E-state index in [9.17, 15) is 0 Å². The predicted molar refractivity (Wildman–Crippen MR) is 75.0 cm³/mol. The van der Waals surface area contributed by atoms with Gasteiger partial charge in [-0.1, -0.05) is 42.0 Å². The Morgan fingerprint density at radius 3 is 2.67 bits per heavy atom. The molecule has 0 amide bonds. The molecular formula is C16H22N2. The summed E-state index contributed by atoms with van der Waals surface area (Å²) < 4.78 is 0. The molecule has 0 aliphatic heterocycles. The first-order chi connectivity index (χ1) is 8.90. The van der Waals surface area contributed by atoms with Crippen LogP contribution in [0.15, 0.2) is 42.0 Å². The molecule has 0 saturated heterocycles. The average molecular weight is 242 g/mol. The monoisotopic (exact) mass is 242 g/mol. The van der Waals surface area contributed by atoms with Crippen LogP contribution in [0, 0.1) is 5.92 Å². The van der Waals surface area contributed by atoms with E-state index in [0.717, 1.165) is 0 Å². The van der Waals surface area contributed by atoms with Gasteiger partial charge in [-0.2, -0.15) is 0 Å². The summed E-state index contributed by atoms with van der Waals surface area (Å²) in [5.41, 5.74) is 6.08. The molecule has 18 heavy (non-hydrogen) atoms. The molecule has 96 valence electrons. The highest BCUT2D eigenvalue weighted by Gasteiger charge is 2.44. The minimum absolute atomic E-state index is 0.399. The number of hydrogen-bond acceptors (Lipinski definition) is 2. The summed E-state index contributed by atoms with van der Waals surface area (Å²) in [6.45, 7) is 0. The topological polar surface area (TPSA) is 38.0 Å². The number of hydrazine groups is 1. The Balaban J connectivity index is 1.70. The van der Waals surface area contributed by atoms with E-state index in [4.69, 9.17) is 5.84 Å². The number of nitrogens with two attached hydrogens (primary N) is 1. The largest absolute Gasteiger partial charge is 0.271 e. The Morgan fingerprint density at radius 1 is 1.17 bits per heavy atom. The summed E-state index contributed by atoms with van der Waals surface area (Å²) in [5.74, 6) is 7.19. The number of hydrogen-bond donors (Lipinski definition) is 2. The van der Waals surface area contributed by atoms with E-state index in [0.29, 0.717) is 17.9 Å². The molecule has 2 aliphatic rings. The molecule has 0 aromatic heterocycles. The Bertz CT molecular complexity index is 424. The van der Waals surface area contributed by atoms with Gasteiger partial charge in [-0.05, 0) is 49.5 Å². The molecule has 2 heteroatoms. The number of nitrogens with one attached hydrogen (secondary N) is 1. The van der Waals surface area contributed by atoms with Crippen molar-refractivity contribution in [2.75, 3.05) is 0 Å². The second-order valence-electron chi connectivity index (χ2n) is 5.59. The summed E-state index contributed by atoms with van der Waals surface area (Å²) in [5, 5.41) is 0. The smallest absolute Gasteiger partial charge is 0.0454 e. The highest BCUT2D eigenvalue weighted by Crippen LogP contribution is 2.51. The minimum Gasteiger partial charge on any atom is -0.271 e. The third-order valence-electron chi connectivity index (χ3n) is 4.40. The van der Waals surface area contributed by atoms with Crippen molar-refractivity contribution in [1.82, 2.24) is 5.43 Å². The van der Waals surface area contributed by atoms with Gasteiger partial charge in [0.25, 0.3) is 0 Å². The average Bonchev–Trinajstić information content (AvgIpc) is 3.22. The fraction of sp³-hybridized carbons (Fsp3) is 0.500. The molecule has 1 saturated carbocycles. The van der Waals surface area contributed by atoms with Crippen LogP contribution in [0.2, 0.25) is 0 Å². The lowest BCUT2D eigenvalue weighted by Gasteiger charge is -2.23. The fourth-order valence-electron chi connectivity index (χ4n) is 3.32. The van der Waals surface area contributed by atoms with Crippen LogP contribution >= 0.6 is 0 Å². The van der Waals surface area contributed by atoms with Gasteiger partial charge in [0.15, 0.2) is 0 Å². The number of rotatable bonds is 4. The van der Waals surface area contributed by atoms with Crippen LogP contribution in [0.5, 0.6) is 0 Å². The van der Waals surface area contributed by atoms with E-state index in [1.54, 1.807) is 5.57 Å². The van der Waals surface area contributed by atoms with Crippen molar-refractivity contribution in [3.8, 4) is 0 Å². The van der Waals surface area contributed by atoms with Crippen LogP contribution in [0.4, 0.5) is 0 Å². The lowest BCUT2D eigenvalue weighted by molar-refractivity contribution is 0.492. The molecule has 2 nitrogen and oxygen atoms in total. The predicted octanol–water partition coefficient (Wildman–Crippen LogP) is 3.12. The van der Waals surface area contributed by atoms with Gasteiger partial charge in [0, 0.05) is 6.04 Å². The lowest BCUT2D eigenvalue weighted by atomic mass is 9.90. The zero-order chi connectivity index (χ0) is 12.4. The maximum Gasteiger partial charge on any atom is 0.0454 e. The molecule has 0 heterocycles. The van der Waals surface area contributed by atoms with Gasteiger partial charge in [-0.3, -0.25) is 11.3 Å². The summed E-state index contributed by atoms with van der Waals surface area (Å²) >= 11 is 0. The third-order valence-corrected chi connectivity index (χ3v) is 4.40. The van der Waals surface area contributed by atoms with Gasteiger partial charge in [-0.15, -0.1) is 0 Å². The van der Waals surface area contributed by atoms with E-state index in [-0.39, 0.29) is 0 Å². The highest BCUT2D eigenvalue weighted by molar-refractivity contribution is 5.30. The van der Waals surface area contributed by atoms with Crippen LogP contribution in [0.3, 0.4) is 0 Å². The van der Waals surface area contributed by atoms with Crippen LogP contribution in [-0.2, 0) is 0 Å². The van der Waals surface area contributed by atoms with Gasteiger partial charge in [0.2, 0.25) is 0 Å².